The van der Waals surface area contributed by atoms with Crippen LogP contribution < -0.4 is 4.74 Å². The second-order valence-electron chi connectivity index (χ2n) is 4.77. The van der Waals surface area contributed by atoms with Gasteiger partial charge in [-0.3, -0.25) is 0 Å². The summed E-state index contributed by atoms with van der Waals surface area (Å²) in [6.45, 7) is 2.93. The molecule has 0 radical (unpaired) electrons. The van der Waals surface area contributed by atoms with E-state index >= 15 is 0 Å². The molecule has 0 fully saturated rings. The first-order valence-electron chi connectivity index (χ1n) is 7.15. The van der Waals surface area contributed by atoms with E-state index in [0.29, 0.717) is 5.02 Å². The van der Waals surface area contributed by atoms with Crippen LogP contribution in [0.25, 0.3) is 10.7 Å². The zero-order chi connectivity index (χ0) is 16.2. The monoisotopic (exact) mass is 365 g/mol. The number of thiophene rings is 1. The molecule has 0 spiro atoms. The van der Waals surface area contributed by atoms with Crippen molar-refractivity contribution in [1.29, 1.82) is 0 Å². The Labute approximate surface area is 148 Å². The van der Waals surface area contributed by atoms with Gasteiger partial charge in [0.1, 0.15) is 5.75 Å². The summed E-state index contributed by atoms with van der Waals surface area (Å²) in [7, 11) is 1.67. The van der Waals surface area contributed by atoms with E-state index in [-0.39, 0.29) is 0 Å². The lowest BCUT2D eigenvalue weighted by Gasteiger charge is -2.09. The minimum absolute atomic E-state index is 0.706. The molecule has 1 aromatic carbocycles. The number of hydrogen-bond donors (Lipinski definition) is 0. The molecule has 0 aliphatic rings. The van der Waals surface area contributed by atoms with Crippen LogP contribution in [0.2, 0.25) is 5.02 Å². The number of ether oxygens (including phenoxy) is 1. The van der Waals surface area contributed by atoms with Gasteiger partial charge >= 0.3 is 0 Å². The number of rotatable bonds is 6. The molecule has 4 nitrogen and oxygen atoms in total. The summed E-state index contributed by atoms with van der Waals surface area (Å²) in [5.41, 5.74) is 1.05. The van der Waals surface area contributed by atoms with Gasteiger partial charge in [-0.15, -0.1) is 21.5 Å². The third-order valence-corrected chi connectivity index (χ3v) is 5.49. The third-order valence-electron chi connectivity index (χ3n) is 3.37. The predicted molar refractivity (Wildman–Crippen MR) is 96.6 cm³/mol. The molecule has 2 heterocycles. The van der Waals surface area contributed by atoms with E-state index in [4.69, 9.17) is 16.3 Å². The molecule has 0 saturated carbocycles. The zero-order valence-corrected chi connectivity index (χ0v) is 15.2. The standard InChI is InChI=1S/C16H16ClN3OS2/c1-3-20-15(14-5-4-8-22-14)18-19-16(20)23-10-11-9-12(17)6-7-13(11)21-2/h4-9H,3,10H2,1-2H3. The molecule has 0 atom stereocenters. The van der Waals surface area contributed by atoms with Crippen molar-refractivity contribution in [3.05, 3.63) is 46.3 Å². The van der Waals surface area contributed by atoms with Crippen molar-refractivity contribution < 1.29 is 4.74 Å². The Morgan fingerprint density at radius 1 is 1.30 bits per heavy atom. The van der Waals surface area contributed by atoms with E-state index in [1.807, 2.05) is 29.6 Å². The van der Waals surface area contributed by atoms with Crippen LogP contribution in [-0.2, 0) is 12.3 Å². The Kier molecular flexibility index (Phi) is 5.25. The van der Waals surface area contributed by atoms with E-state index in [2.05, 4.69) is 27.8 Å². The highest BCUT2D eigenvalue weighted by Crippen LogP contribution is 2.32. The van der Waals surface area contributed by atoms with Crippen LogP contribution in [0.1, 0.15) is 12.5 Å². The first kappa shape index (κ1) is 16.4. The molecule has 0 aliphatic heterocycles. The van der Waals surface area contributed by atoms with Crippen LogP contribution in [0.15, 0.2) is 40.9 Å². The van der Waals surface area contributed by atoms with Crippen molar-refractivity contribution >= 4 is 34.7 Å². The lowest BCUT2D eigenvalue weighted by molar-refractivity contribution is 0.411. The molecule has 0 N–H and O–H groups in total. The summed E-state index contributed by atoms with van der Waals surface area (Å²) in [6, 6.07) is 9.74. The van der Waals surface area contributed by atoms with Crippen molar-refractivity contribution in [2.75, 3.05) is 7.11 Å². The smallest absolute Gasteiger partial charge is 0.191 e. The molecule has 7 heteroatoms. The molecule has 2 aromatic heterocycles. The van der Waals surface area contributed by atoms with Crippen molar-refractivity contribution in [1.82, 2.24) is 14.8 Å². The zero-order valence-electron chi connectivity index (χ0n) is 12.8. The lowest BCUT2D eigenvalue weighted by Crippen LogP contribution is -1.99. The largest absolute Gasteiger partial charge is 0.496 e. The van der Waals surface area contributed by atoms with Crippen LogP contribution in [0.4, 0.5) is 0 Å². The van der Waals surface area contributed by atoms with Gasteiger partial charge in [0, 0.05) is 22.9 Å². The highest BCUT2D eigenvalue weighted by atomic mass is 35.5. The van der Waals surface area contributed by atoms with Crippen molar-refractivity contribution in [2.45, 2.75) is 24.4 Å². The van der Waals surface area contributed by atoms with E-state index in [1.165, 1.54) is 0 Å². The van der Waals surface area contributed by atoms with E-state index in [9.17, 15) is 0 Å². The normalized spacial score (nSPS) is 10.9. The summed E-state index contributed by atoms with van der Waals surface area (Å²) in [6.07, 6.45) is 0. The van der Waals surface area contributed by atoms with Crippen LogP contribution in [0.5, 0.6) is 5.75 Å². The molecular weight excluding hydrogens is 350 g/mol. The van der Waals surface area contributed by atoms with Gasteiger partial charge in [-0.2, -0.15) is 0 Å². The van der Waals surface area contributed by atoms with Gasteiger partial charge in [-0.05, 0) is 36.6 Å². The average Bonchev–Trinajstić information content (AvgIpc) is 3.21. The maximum Gasteiger partial charge on any atom is 0.191 e. The van der Waals surface area contributed by atoms with Gasteiger partial charge in [0.2, 0.25) is 0 Å². The van der Waals surface area contributed by atoms with Crippen molar-refractivity contribution in [3.8, 4) is 16.5 Å². The molecule has 0 amide bonds. The van der Waals surface area contributed by atoms with E-state index in [0.717, 1.165) is 39.5 Å². The molecular formula is C16H16ClN3OS2. The summed E-state index contributed by atoms with van der Waals surface area (Å²) in [5.74, 6) is 2.48. The Morgan fingerprint density at radius 2 is 2.17 bits per heavy atom. The van der Waals surface area contributed by atoms with E-state index in [1.54, 1.807) is 30.2 Å². The molecule has 0 bridgehead atoms. The highest BCUT2D eigenvalue weighted by molar-refractivity contribution is 7.98. The van der Waals surface area contributed by atoms with Crippen molar-refractivity contribution in [3.63, 3.8) is 0 Å². The van der Waals surface area contributed by atoms with Crippen LogP contribution in [0.3, 0.4) is 0 Å². The number of halogens is 1. The van der Waals surface area contributed by atoms with Crippen molar-refractivity contribution in [2.24, 2.45) is 0 Å². The summed E-state index contributed by atoms with van der Waals surface area (Å²) >= 11 is 9.40. The molecule has 120 valence electrons. The molecule has 0 saturated heterocycles. The third kappa shape index (κ3) is 3.54. The second-order valence-corrected chi connectivity index (χ2v) is 7.10. The SMILES string of the molecule is CCn1c(SCc2cc(Cl)ccc2OC)nnc1-c1cccs1. The van der Waals surface area contributed by atoms with Gasteiger partial charge in [0.25, 0.3) is 0 Å². The van der Waals surface area contributed by atoms with Crippen LogP contribution in [-0.4, -0.2) is 21.9 Å². The van der Waals surface area contributed by atoms with Gasteiger partial charge in [0.05, 0.1) is 12.0 Å². The summed E-state index contributed by atoms with van der Waals surface area (Å²) in [5, 5.41) is 12.3. The quantitative estimate of drug-likeness (QED) is 0.577. The maximum atomic E-state index is 6.09. The number of aromatic nitrogens is 3. The predicted octanol–water partition coefficient (Wildman–Crippen LogP) is 4.98. The Bertz CT molecular complexity index is 787. The number of hydrogen-bond acceptors (Lipinski definition) is 5. The Morgan fingerprint density at radius 3 is 2.87 bits per heavy atom. The van der Waals surface area contributed by atoms with Gasteiger partial charge < -0.3 is 9.30 Å². The first-order chi connectivity index (χ1) is 11.2. The first-order valence-corrected chi connectivity index (χ1v) is 9.39. The van der Waals surface area contributed by atoms with Crippen LogP contribution >= 0.6 is 34.7 Å². The second kappa shape index (κ2) is 7.38. The van der Waals surface area contributed by atoms with Gasteiger partial charge in [-0.25, -0.2) is 0 Å². The van der Waals surface area contributed by atoms with Gasteiger partial charge in [0.15, 0.2) is 11.0 Å². The maximum absolute atomic E-state index is 6.09. The minimum atomic E-state index is 0.706. The average molecular weight is 366 g/mol. The number of thioether (sulfide) groups is 1. The number of benzene rings is 1. The topological polar surface area (TPSA) is 39.9 Å². The molecule has 0 aliphatic carbocycles. The minimum Gasteiger partial charge on any atom is -0.496 e. The summed E-state index contributed by atoms with van der Waals surface area (Å²) in [4.78, 5) is 1.13. The molecule has 3 aromatic rings. The molecule has 3 rings (SSSR count). The lowest BCUT2D eigenvalue weighted by atomic mass is 10.2. The van der Waals surface area contributed by atoms with Gasteiger partial charge in [-0.1, -0.05) is 29.4 Å². The number of methoxy groups -OCH3 is 1. The van der Waals surface area contributed by atoms with E-state index < -0.39 is 0 Å². The fourth-order valence-corrected chi connectivity index (χ4v) is 4.16. The number of nitrogens with zero attached hydrogens (tertiary/aromatic N) is 3. The fourth-order valence-electron chi connectivity index (χ4n) is 2.27. The highest BCUT2D eigenvalue weighted by Gasteiger charge is 2.14. The fraction of sp³-hybridized carbons (Fsp3) is 0.250. The Hall–Kier alpha value is -1.50. The van der Waals surface area contributed by atoms with Crippen LogP contribution in [0, 0.1) is 0 Å². The molecule has 0 unspecified atom stereocenters. The Balaban J connectivity index is 1.83. The summed E-state index contributed by atoms with van der Waals surface area (Å²) < 4.78 is 7.53. The molecule has 23 heavy (non-hydrogen) atoms.